The molecule has 63 heavy (non-hydrogen) atoms. The molecule has 0 amide bonds. The minimum absolute atomic E-state index is 0.245. The predicted molar refractivity (Wildman–Crippen MR) is 263 cm³/mol. The number of hydrogen-bond acceptors (Lipinski definition) is 2. The fourth-order valence-electron chi connectivity index (χ4n) is 11.2. The first-order valence-corrected chi connectivity index (χ1v) is 21.6. The largest absolute Gasteiger partial charge is 0.508 e. The summed E-state index contributed by atoms with van der Waals surface area (Å²) in [6.45, 7) is 0. The lowest BCUT2D eigenvalue weighted by Gasteiger charge is -2.37. The summed E-state index contributed by atoms with van der Waals surface area (Å²) in [4.78, 5) is 0. The van der Waals surface area contributed by atoms with Gasteiger partial charge < -0.3 is 10.2 Å². The van der Waals surface area contributed by atoms with Gasteiger partial charge in [0.2, 0.25) is 0 Å². The van der Waals surface area contributed by atoms with Crippen LogP contribution in [0.2, 0.25) is 0 Å². The van der Waals surface area contributed by atoms with Crippen molar-refractivity contribution >= 4 is 64.6 Å². The molecule has 294 valence electrons. The van der Waals surface area contributed by atoms with Crippen molar-refractivity contribution in [3.05, 3.63) is 241 Å². The van der Waals surface area contributed by atoms with Crippen LogP contribution < -0.4 is 0 Å². The highest BCUT2D eigenvalue weighted by Gasteiger charge is 2.50. The lowest BCUT2D eigenvalue weighted by Crippen LogP contribution is -2.30. The molecule has 1 aliphatic carbocycles. The molecule has 0 radical (unpaired) electrons. The second kappa shape index (κ2) is 13.4. The summed E-state index contributed by atoms with van der Waals surface area (Å²) in [6, 6.07) is 78.7. The fourth-order valence-corrected chi connectivity index (χ4v) is 11.2. The number of rotatable bonds is 4. The van der Waals surface area contributed by atoms with Crippen molar-refractivity contribution in [2.75, 3.05) is 0 Å². The number of phenols is 2. The van der Waals surface area contributed by atoms with E-state index in [4.69, 9.17) is 0 Å². The van der Waals surface area contributed by atoms with E-state index >= 15 is 0 Å². The van der Waals surface area contributed by atoms with Gasteiger partial charge in [0, 0.05) is 0 Å². The minimum atomic E-state index is -0.869. The van der Waals surface area contributed by atoms with E-state index in [1.54, 1.807) is 12.1 Å². The average molecular weight is 803 g/mol. The van der Waals surface area contributed by atoms with Crippen LogP contribution in [0, 0.1) is 0 Å². The van der Waals surface area contributed by atoms with Crippen molar-refractivity contribution in [2.24, 2.45) is 0 Å². The normalized spacial score (nSPS) is 13.0. The van der Waals surface area contributed by atoms with Gasteiger partial charge in [0.1, 0.15) is 11.5 Å². The Morgan fingerprint density at radius 2 is 0.587 bits per heavy atom. The SMILES string of the molecule is Oc1ccc2cc(C3(c4ccc5cc(O)ccc5c4)c4c(cccc4-c4c5ccccc5cc5ccccc45)-c4cccc(-c5c6ccccc6cc6ccccc56)c43)ccc2c1. The lowest BCUT2D eigenvalue weighted by molar-refractivity contribution is 0.475. The van der Waals surface area contributed by atoms with Crippen LogP contribution in [-0.2, 0) is 5.41 Å². The second-order valence-electron chi connectivity index (χ2n) is 17.1. The standard InChI is InChI=1S/C61H38O2/c62-47-29-25-37-33-45(27-23-39(37)35-47)61(46-28-24-40-36-48(63)30-26-38(40)34-46)59-53(19-9-21-55(59)57-49-15-5-1-11-41(49)31-42-12-2-6-16-50(42)57)54-20-10-22-56(60(54)61)58-51-17-7-3-13-43(51)32-44-14-4-8-18-52(44)58/h1-36,62-63H. The Morgan fingerprint density at radius 3 is 0.984 bits per heavy atom. The molecule has 13 rings (SSSR count). The molecule has 12 aromatic rings. The van der Waals surface area contributed by atoms with E-state index in [1.807, 2.05) is 24.3 Å². The molecule has 2 N–H and O–H groups in total. The fraction of sp³-hybridized carbons (Fsp3) is 0.0164. The van der Waals surface area contributed by atoms with Gasteiger partial charge in [0.25, 0.3) is 0 Å². The topological polar surface area (TPSA) is 40.5 Å². The maximum atomic E-state index is 10.7. The van der Waals surface area contributed by atoms with Gasteiger partial charge in [0.05, 0.1) is 5.41 Å². The summed E-state index contributed by atoms with van der Waals surface area (Å²) in [5, 5.41) is 35.0. The molecule has 0 heterocycles. The Kier molecular flexibility index (Phi) is 7.56. The van der Waals surface area contributed by atoms with E-state index in [9.17, 15) is 10.2 Å². The summed E-state index contributed by atoms with van der Waals surface area (Å²) >= 11 is 0. The smallest absolute Gasteiger partial charge is 0.116 e. The van der Waals surface area contributed by atoms with E-state index in [-0.39, 0.29) is 11.5 Å². The van der Waals surface area contributed by atoms with Crippen molar-refractivity contribution in [3.8, 4) is 44.9 Å². The number of aromatic hydroxyl groups is 2. The maximum Gasteiger partial charge on any atom is 0.116 e. The summed E-state index contributed by atoms with van der Waals surface area (Å²) in [5.74, 6) is 0.490. The van der Waals surface area contributed by atoms with Crippen molar-refractivity contribution in [1.82, 2.24) is 0 Å². The molecule has 0 fully saturated rings. The minimum Gasteiger partial charge on any atom is -0.508 e. The van der Waals surface area contributed by atoms with Gasteiger partial charge in [-0.1, -0.05) is 170 Å². The van der Waals surface area contributed by atoms with E-state index < -0.39 is 5.41 Å². The molecule has 0 saturated heterocycles. The molecule has 2 nitrogen and oxygen atoms in total. The summed E-state index contributed by atoms with van der Waals surface area (Å²) in [7, 11) is 0. The van der Waals surface area contributed by atoms with Crippen LogP contribution in [0.25, 0.3) is 98.0 Å². The number of benzene rings is 12. The maximum absolute atomic E-state index is 10.7. The number of hydrogen-bond donors (Lipinski definition) is 2. The molecular formula is C61H38O2. The molecule has 12 aromatic carbocycles. The summed E-state index contributed by atoms with van der Waals surface area (Å²) in [5.41, 5.74) is 11.0. The van der Waals surface area contributed by atoms with E-state index in [1.165, 1.54) is 87.6 Å². The van der Waals surface area contributed by atoms with E-state index in [2.05, 4.69) is 182 Å². The van der Waals surface area contributed by atoms with Gasteiger partial charge in [-0.3, -0.25) is 0 Å². The van der Waals surface area contributed by atoms with Crippen molar-refractivity contribution in [1.29, 1.82) is 0 Å². The first kappa shape index (κ1) is 35.5. The quantitative estimate of drug-likeness (QED) is 0.174. The number of phenolic OH excluding ortho intramolecular Hbond substituents is 2. The zero-order chi connectivity index (χ0) is 41.8. The molecule has 0 unspecified atom stereocenters. The molecule has 1 aliphatic rings. The van der Waals surface area contributed by atoms with Crippen LogP contribution in [0.3, 0.4) is 0 Å². The zero-order valence-corrected chi connectivity index (χ0v) is 34.2. The van der Waals surface area contributed by atoms with Gasteiger partial charge >= 0.3 is 0 Å². The third kappa shape index (κ3) is 5.13. The molecule has 0 bridgehead atoms. The van der Waals surface area contributed by atoms with Gasteiger partial charge in [-0.2, -0.15) is 0 Å². The molecule has 0 aromatic heterocycles. The van der Waals surface area contributed by atoms with Crippen LogP contribution >= 0.6 is 0 Å². The monoisotopic (exact) mass is 802 g/mol. The molecule has 0 aliphatic heterocycles. The lowest BCUT2D eigenvalue weighted by atomic mass is 9.63. The molecular weight excluding hydrogens is 765 g/mol. The third-order valence-corrected chi connectivity index (χ3v) is 13.8. The Morgan fingerprint density at radius 1 is 0.254 bits per heavy atom. The summed E-state index contributed by atoms with van der Waals surface area (Å²) in [6.07, 6.45) is 0. The summed E-state index contributed by atoms with van der Waals surface area (Å²) < 4.78 is 0. The Hall–Kier alpha value is -8.20. The van der Waals surface area contributed by atoms with Crippen LogP contribution in [-0.4, -0.2) is 10.2 Å². The van der Waals surface area contributed by atoms with Crippen LogP contribution in [0.5, 0.6) is 11.5 Å². The second-order valence-corrected chi connectivity index (χ2v) is 17.1. The van der Waals surface area contributed by atoms with E-state index in [0.717, 1.165) is 32.7 Å². The van der Waals surface area contributed by atoms with Crippen molar-refractivity contribution < 1.29 is 10.2 Å². The molecule has 0 atom stereocenters. The first-order valence-electron chi connectivity index (χ1n) is 21.6. The number of fused-ring (bicyclic) bond motifs is 9. The molecule has 0 spiro atoms. The molecule has 0 saturated carbocycles. The van der Waals surface area contributed by atoms with Crippen LogP contribution in [0.1, 0.15) is 22.3 Å². The highest BCUT2D eigenvalue weighted by atomic mass is 16.3. The van der Waals surface area contributed by atoms with Crippen molar-refractivity contribution in [2.45, 2.75) is 5.41 Å². The van der Waals surface area contributed by atoms with Gasteiger partial charge in [-0.25, -0.2) is 0 Å². The van der Waals surface area contributed by atoms with Gasteiger partial charge in [0.15, 0.2) is 0 Å². The zero-order valence-electron chi connectivity index (χ0n) is 34.2. The van der Waals surface area contributed by atoms with Crippen LogP contribution in [0.15, 0.2) is 218 Å². The predicted octanol–water partition coefficient (Wildman–Crippen LogP) is 15.7. The average Bonchev–Trinajstić information content (AvgIpc) is 3.64. The van der Waals surface area contributed by atoms with Crippen LogP contribution in [0.4, 0.5) is 0 Å². The Balaban J connectivity index is 1.28. The molecule has 2 heteroatoms. The van der Waals surface area contributed by atoms with Crippen molar-refractivity contribution in [3.63, 3.8) is 0 Å². The first-order chi connectivity index (χ1) is 31.0. The van der Waals surface area contributed by atoms with E-state index in [0.29, 0.717) is 0 Å². The van der Waals surface area contributed by atoms with Gasteiger partial charge in [-0.05, 0) is 169 Å². The Labute approximate surface area is 364 Å². The highest BCUT2D eigenvalue weighted by Crippen LogP contribution is 2.63. The van der Waals surface area contributed by atoms with Gasteiger partial charge in [-0.15, -0.1) is 0 Å². The Bertz CT molecular complexity index is 3530. The highest BCUT2D eigenvalue weighted by molar-refractivity contribution is 6.17. The third-order valence-electron chi connectivity index (χ3n) is 13.8.